The molecule has 0 aliphatic heterocycles. The molecule has 0 unspecified atom stereocenters. The molecule has 6 heteroatoms. The largest absolute Gasteiger partial charge is 0.463 e. The smallest absolute Gasteiger partial charge is 0.330 e. The Bertz CT molecular complexity index is 985. The Hall–Kier alpha value is -3.38. The number of hydrogen-bond donors (Lipinski definition) is 1. The third kappa shape index (κ3) is 6.33. The maximum absolute atomic E-state index is 12.5. The molecule has 0 saturated heterocycles. The zero-order valence-electron chi connectivity index (χ0n) is 15.9. The highest BCUT2D eigenvalue weighted by Crippen LogP contribution is 2.25. The average molecular weight is 404 g/mol. The Kier molecular flexibility index (Phi) is 7.19. The lowest BCUT2D eigenvalue weighted by Crippen LogP contribution is -2.11. The first-order valence-corrected chi connectivity index (χ1v) is 9.91. The summed E-state index contributed by atoms with van der Waals surface area (Å²) in [6.45, 7) is 2.10. The number of hydrogen-bond acceptors (Lipinski definition) is 5. The van der Waals surface area contributed by atoms with E-state index in [1.807, 2.05) is 42.5 Å². The van der Waals surface area contributed by atoms with Crippen LogP contribution < -0.4 is 5.32 Å². The van der Waals surface area contributed by atoms with Crippen LogP contribution in [0.3, 0.4) is 0 Å². The standard InChI is InChI=1S/C23H20N2O3S/c1-2-28-22(26)15-8-17-6-11-19(12-7-17)25-23(27)18-9-13-20(14-10-18)29-21-5-3-4-16-24-21/h3-16H,2H2,1H3,(H,25,27)/b15-8+. The Balaban J connectivity index is 1.57. The van der Waals surface area contributed by atoms with Crippen LogP contribution in [0.25, 0.3) is 6.08 Å². The van der Waals surface area contributed by atoms with Gasteiger partial charge in [0, 0.05) is 28.4 Å². The van der Waals surface area contributed by atoms with Gasteiger partial charge in [-0.15, -0.1) is 0 Å². The van der Waals surface area contributed by atoms with E-state index in [0.29, 0.717) is 17.9 Å². The van der Waals surface area contributed by atoms with E-state index in [2.05, 4.69) is 10.3 Å². The highest BCUT2D eigenvalue weighted by atomic mass is 32.2. The number of ether oxygens (including phenoxy) is 1. The molecule has 0 fully saturated rings. The van der Waals surface area contributed by atoms with Crippen molar-refractivity contribution in [1.29, 1.82) is 0 Å². The average Bonchev–Trinajstić information content (AvgIpc) is 2.75. The SMILES string of the molecule is CCOC(=O)/C=C/c1ccc(NC(=O)c2ccc(Sc3ccccn3)cc2)cc1. The van der Waals surface area contributed by atoms with Gasteiger partial charge in [-0.1, -0.05) is 30.0 Å². The van der Waals surface area contributed by atoms with Gasteiger partial charge >= 0.3 is 5.97 Å². The monoisotopic (exact) mass is 404 g/mol. The number of esters is 1. The molecule has 0 saturated carbocycles. The molecule has 146 valence electrons. The molecule has 29 heavy (non-hydrogen) atoms. The number of nitrogens with zero attached hydrogens (tertiary/aromatic N) is 1. The van der Waals surface area contributed by atoms with Crippen LogP contribution in [0.2, 0.25) is 0 Å². The lowest BCUT2D eigenvalue weighted by Gasteiger charge is -2.07. The maximum Gasteiger partial charge on any atom is 0.330 e. The summed E-state index contributed by atoms with van der Waals surface area (Å²) >= 11 is 1.54. The van der Waals surface area contributed by atoms with E-state index in [9.17, 15) is 9.59 Å². The van der Waals surface area contributed by atoms with Gasteiger partial charge < -0.3 is 10.1 Å². The summed E-state index contributed by atoms with van der Waals surface area (Å²) in [5.41, 5.74) is 2.09. The third-order valence-electron chi connectivity index (χ3n) is 3.84. The molecule has 0 aliphatic rings. The Morgan fingerprint density at radius 1 is 1.03 bits per heavy atom. The van der Waals surface area contributed by atoms with Crippen molar-refractivity contribution in [2.24, 2.45) is 0 Å². The molecule has 0 radical (unpaired) electrons. The molecule has 1 aromatic heterocycles. The molecular weight excluding hydrogens is 384 g/mol. The molecular formula is C23H20N2O3S. The molecule has 1 heterocycles. The fourth-order valence-corrected chi connectivity index (χ4v) is 3.21. The first-order chi connectivity index (χ1) is 14.1. The van der Waals surface area contributed by atoms with E-state index in [0.717, 1.165) is 15.5 Å². The van der Waals surface area contributed by atoms with Crippen LogP contribution in [-0.4, -0.2) is 23.5 Å². The molecule has 2 aromatic carbocycles. The fourth-order valence-electron chi connectivity index (χ4n) is 2.44. The van der Waals surface area contributed by atoms with Crippen LogP contribution in [0, 0.1) is 0 Å². The van der Waals surface area contributed by atoms with Gasteiger partial charge in [0.1, 0.15) is 5.03 Å². The van der Waals surface area contributed by atoms with Gasteiger partial charge in [-0.3, -0.25) is 4.79 Å². The molecule has 3 aromatic rings. The minimum Gasteiger partial charge on any atom is -0.463 e. The third-order valence-corrected chi connectivity index (χ3v) is 4.80. The van der Waals surface area contributed by atoms with Crippen LogP contribution in [0.1, 0.15) is 22.8 Å². The molecule has 0 bridgehead atoms. The second kappa shape index (κ2) is 10.2. The lowest BCUT2D eigenvalue weighted by atomic mass is 10.1. The number of rotatable bonds is 7. The maximum atomic E-state index is 12.5. The van der Waals surface area contributed by atoms with E-state index in [1.54, 1.807) is 55.2 Å². The van der Waals surface area contributed by atoms with E-state index < -0.39 is 0 Å². The van der Waals surface area contributed by atoms with E-state index in [1.165, 1.54) is 6.08 Å². The van der Waals surface area contributed by atoms with Crippen LogP contribution in [0.4, 0.5) is 5.69 Å². The summed E-state index contributed by atoms with van der Waals surface area (Å²) in [5, 5.41) is 3.77. The van der Waals surface area contributed by atoms with Crippen molar-refractivity contribution < 1.29 is 14.3 Å². The predicted octanol–water partition coefficient (Wildman–Crippen LogP) is 5.06. The molecule has 0 spiro atoms. The van der Waals surface area contributed by atoms with Gasteiger partial charge in [-0.25, -0.2) is 9.78 Å². The van der Waals surface area contributed by atoms with Crippen LogP contribution in [0.15, 0.2) is 88.9 Å². The normalized spacial score (nSPS) is 10.7. The number of carbonyl (C=O) groups is 2. The summed E-state index contributed by atoms with van der Waals surface area (Å²) in [7, 11) is 0. The van der Waals surface area contributed by atoms with Gasteiger partial charge in [0.2, 0.25) is 0 Å². The summed E-state index contributed by atoms with van der Waals surface area (Å²) in [4.78, 5) is 29.1. The quantitative estimate of drug-likeness (QED) is 0.440. The highest BCUT2D eigenvalue weighted by Gasteiger charge is 2.07. The summed E-state index contributed by atoms with van der Waals surface area (Å²) in [5.74, 6) is -0.566. The van der Waals surface area contributed by atoms with Crippen LogP contribution in [0.5, 0.6) is 0 Å². The summed E-state index contributed by atoms with van der Waals surface area (Å²) in [6.07, 6.45) is 4.80. The predicted molar refractivity (Wildman–Crippen MR) is 115 cm³/mol. The van der Waals surface area contributed by atoms with Crippen LogP contribution in [-0.2, 0) is 9.53 Å². The van der Waals surface area contributed by atoms with Gasteiger partial charge in [-0.05, 0) is 67.1 Å². The minimum atomic E-state index is -0.380. The van der Waals surface area contributed by atoms with Crippen molar-refractivity contribution >= 4 is 35.4 Å². The van der Waals surface area contributed by atoms with Crippen molar-refractivity contribution in [2.45, 2.75) is 16.8 Å². The van der Waals surface area contributed by atoms with Crippen molar-refractivity contribution in [2.75, 3.05) is 11.9 Å². The van der Waals surface area contributed by atoms with Gasteiger partial charge in [0.05, 0.1) is 6.61 Å². The van der Waals surface area contributed by atoms with E-state index in [-0.39, 0.29) is 11.9 Å². The number of carbonyl (C=O) groups excluding carboxylic acids is 2. The molecule has 0 atom stereocenters. The number of nitrogens with one attached hydrogen (secondary N) is 1. The Labute approximate surface area is 173 Å². The number of amides is 1. The molecule has 1 N–H and O–H groups in total. The van der Waals surface area contributed by atoms with E-state index >= 15 is 0 Å². The first kappa shape index (κ1) is 20.4. The second-order valence-corrected chi connectivity index (χ2v) is 7.05. The van der Waals surface area contributed by atoms with E-state index in [4.69, 9.17) is 4.74 Å². The second-order valence-electron chi connectivity index (χ2n) is 5.96. The van der Waals surface area contributed by atoms with Gasteiger partial charge in [0.25, 0.3) is 5.91 Å². The lowest BCUT2D eigenvalue weighted by molar-refractivity contribution is -0.137. The van der Waals surface area contributed by atoms with Gasteiger partial charge in [0.15, 0.2) is 0 Å². The molecule has 0 aliphatic carbocycles. The minimum absolute atomic E-state index is 0.186. The van der Waals surface area contributed by atoms with Crippen molar-refractivity contribution in [1.82, 2.24) is 4.98 Å². The zero-order valence-corrected chi connectivity index (χ0v) is 16.7. The number of aromatic nitrogens is 1. The summed E-state index contributed by atoms with van der Waals surface area (Å²) in [6, 6.07) is 20.3. The number of pyridine rings is 1. The zero-order chi connectivity index (χ0) is 20.5. The van der Waals surface area contributed by atoms with Crippen molar-refractivity contribution in [3.8, 4) is 0 Å². The van der Waals surface area contributed by atoms with Crippen molar-refractivity contribution in [3.05, 3.63) is 90.1 Å². The topological polar surface area (TPSA) is 68.3 Å². The van der Waals surface area contributed by atoms with Crippen molar-refractivity contribution in [3.63, 3.8) is 0 Å². The number of benzene rings is 2. The fraction of sp³-hybridized carbons (Fsp3) is 0.0870. The number of anilines is 1. The Morgan fingerprint density at radius 3 is 2.45 bits per heavy atom. The van der Waals surface area contributed by atoms with Crippen LogP contribution >= 0.6 is 11.8 Å². The molecule has 5 nitrogen and oxygen atoms in total. The summed E-state index contributed by atoms with van der Waals surface area (Å²) < 4.78 is 4.84. The van der Waals surface area contributed by atoms with Gasteiger partial charge in [-0.2, -0.15) is 0 Å². The first-order valence-electron chi connectivity index (χ1n) is 9.09. The molecule has 1 amide bonds. The molecule has 3 rings (SSSR count). The highest BCUT2D eigenvalue weighted by molar-refractivity contribution is 7.99. The Morgan fingerprint density at radius 2 is 1.79 bits per heavy atom.